The molecule has 0 aliphatic carbocycles. The summed E-state index contributed by atoms with van der Waals surface area (Å²) in [5, 5.41) is 17.5. The van der Waals surface area contributed by atoms with Crippen molar-refractivity contribution in [1.29, 1.82) is 0 Å². The molecule has 3 amide bonds. The maximum absolute atomic E-state index is 13.3. The second kappa shape index (κ2) is 15.4. The molecule has 0 bridgehead atoms. The van der Waals surface area contributed by atoms with E-state index in [0.29, 0.717) is 5.56 Å². The second-order valence-electron chi connectivity index (χ2n) is 10.5. The fourth-order valence-corrected chi connectivity index (χ4v) is 4.10. The van der Waals surface area contributed by atoms with Crippen molar-refractivity contribution in [2.45, 2.75) is 71.5 Å². The lowest BCUT2D eigenvalue weighted by atomic mass is 9.99. The topological polar surface area (TPSA) is 142 Å². The lowest BCUT2D eigenvalue weighted by Crippen LogP contribution is -2.57. The van der Waals surface area contributed by atoms with Gasteiger partial charge >= 0.3 is 5.97 Å². The van der Waals surface area contributed by atoms with Crippen LogP contribution in [-0.2, 0) is 36.8 Å². The Hall–Kier alpha value is -4.01. The fourth-order valence-electron chi connectivity index (χ4n) is 4.10. The minimum absolute atomic E-state index is 0.00374. The Kier molecular flexibility index (Phi) is 12.3. The Bertz CT molecular complexity index is 1120. The van der Waals surface area contributed by atoms with Gasteiger partial charge in [-0.05, 0) is 35.8 Å². The van der Waals surface area contributed by atoms with Gasteiger partial charge in [-0.1, -0.05) is 88.4 Å². The molecule has 9 nitrogen and oxygen atoms in total. The highest BCUT2D eigenvalue weighted by Crippen LogP contribution is 2.11. The second-order valence-corrected chi connectivity index (χ2v) is 10.5. The number of carboxylic acid groups (broad SMARTS) is 1. The van der Waals surface area contributed by atoms with E-state index in [0.717, 1.165) is 5.56 Å². The quantitative estimate of drug-likeness (QED) is 0.257. The van der Waals surface area contributed by atoms with Crippen LogP contribution in [0.1, 0.15) is 51.7 Å². The number of carbonyl (C=O) groups is 5. The van der Waals surface area contributed by atoms with Gasteiger partial charge in [-0.15, -0.1) is 0 Å². The van der Waals surface area contributed by atoms with Crippen LogP contribution in [0.5, 0.6) is 0 Å². The van der Waals surface area contributed by atoms with Crippen molar-refractivity contribution in [2.24, 2.45) is 11.8 Å². The van der Waals surface area contributed by atoms with Gasteiger partial charge < -0.3 is 21.1 Å². The van der Waals surface area contributed by atoms with Crippen LogP contribution in [-0.4, -0.2) is 52.7 Å². The van der Waals surface area contributed by atoms with Gasteiger partial charge in [-0.2, -0.15) is 0 Å². The zero-order valence-corrected chi connectivity index (χ0v) is 23.0. The van der Waals surface area contributed by atoms with E-state index < -0.39 is 47.6 Å². The van der Waals surface area contributed by atoms with E-state index in [9.17, 15) is 29.1 Å². The third-order valence-electron chi connectivity index (χ3n) is 6.03. The molecule has 0 radical (unpaired) electrons. The summed E-state index contributed by atoms with van der Waals surface area (Å²) < 4.78 is 0. The normalized spacial score (nSPS) is 13.3. The standard InChI is InChI=1S/C30H39N3O6/c1-19(2)15-23(28(36)33-25(30(38)39)17-21-11-7-5-8-12-21)31-27(35)24(16-20(3)4)32-29(37)26(34)18-22-13-9-6-10-14-22/h5-14,19-20,23-25H,15-18H2,1-4H3,(H,31,35)(H,32,37)(H,33,36)(H,38,39)/t23-,24+,25+/m0/s1. The van der Waals surface area contributed by atoms with Crippen molar-refractivity contribution in [2.75, 3.05) is 0 Å². The van der Waals surface area contributed by atoms with E-state index in [2.05, 4.69) is 16.0 Å². The molecule has 0 fully saturated rings. The Morgan fingerprint density at radius 3 is 1.54 bits per heavy atom. The van der Waals surface area contributed by atoms with Crippen LogP contribution in [0.2, 0.25) is 0 Å². The maximum atomic E-state index is 13.3. The van der Waals surface area contributed by atoms with Crippen molar-refractivity contribution >= 4 is 29.5 Å². The smallest absolute Gasteiger partial charge is 0.326 e. The fraction of sp³-hybridized carbons (Fsp3) is 0.433. The van der Waals surface area contributed by atoms with Crippen LogP contribution >= 0.6 is 0 Å². The number of hydrogen-bond acceptors (Lipinski definition) is 5. The van der Waals surface area contributed by atoms with Crippen molar-refractivity contribution in [1.82, 2.24) is 16.0 Å². The number of benzene rings is 2. The Labute approximate surface area is 229 Å². The number of hydrogen-bond donors (Lipinski definition) is 4. The average Bonchev–Trinajstić information content (AvgIpc) is 2.88. The lowest BCUT2D eigenvalue weighted by molar-refractivity contribution is -0.142. The zero-order valence-electron chi connectivity index (χ0n) is 23.0. The van der Waals surface area contributed by atoms with Crippen LogP contribution in [0, 0.1) is 11.8 Å². The van der Waals surface area contributed by atoms with Gasteiger partial charge in [0, 0.05) is 12.8 Å². The van der Waals surface area contributed by atoms with Gasteiger partial charge in [0.15, 0.2) is 0 Å². The molecule has 0 spiro atoms. The van der Waals surface area contributed by atoms with E-state index in [1.807, 2.05) is 33.8 Å². The summed E-state index contributed by atoms with van der Waals surface area (Å²) in [6.45, 7) is 7.50. The molecule has 2 aromatic rings. The van der Waals surface area contributed by atoms with Gasteiger partial charge in [0.05, 0.1) is 0 Å². The number of ketones is 1. The lowest BCUT2D eigenvalue weighted by Gasteiger charge is -2.26. The van der Waals surface area contributed by atoms with E-state index in [-0.39, 0.29) is 37.5 Å². The maximum Gasteiger partial charge on any atom is 0.326 e. The summed E-state index contributed by atoms with van der Waals surface area (Å²) in [4.78, 5) is 63.5. The molecule has 0 unspecified atom stereocenters. The van der Waals surface area contributed by atoms with Crippen LogP contribution in [0.3, 0.4) is 0 Å². The number of aliphatic carboxylic acids is 1. The Balaban J connectivity index is 2.12. The van der Waals surface area contributed by atoms with Gasteiger partial charge in [-0.25, -0.2) is 4.79 Å². The molecule has 0 heterocycles. The van der Waals surface area contributed by atoms with Crippen molar-refractivity contribution in [3.63, 3.8) is 0 Å². The van der Waals surface area contributed by atoms with Crippen LogP contribution < -0.4 is 16.0 Å². The molecule has 210 valence electrons. The summed E-state index contributed by atoms with van der Waals surface area (Å²) in [7, 11) is 0. The molecule has 9 heteroatoms. The zero-order chi connectivity index (χ0) is 28.9. The third kappa shape index (κ3) is 11.1. The molecule has 0 aliphatic heterocycles. The van der Waals surface area contributed by atoms with E-state index >= 15 is 0 Å². The molecule has 0 aromatic heterocycles. The van der Waals surface area contributed by atoms with Gasteiger partial charge in [0.1, 0.15) is 18.1 Å². The van der Waals surface area contributed by atoms with Crippen molar-refractivity contribution in [3.8, 4) is 0 Å². The number of amides is 3. The molecule has 4 N–H and O–H groups in total. The first kappa shape index (κ1) is 31.2. The summed E-state index contributed by atoms with van der Waals surface area (Å²) in [5.74, 6) is -3.98. The van der Waals surface area contributed by atoms with E-state index in [4.69, 9.17) is 0 Å². The summed E-state index contributed by atoms with van der Waals surface area (Å²) in [6, 6.07) is 14.5. The molecule has 2 aromatic carbocycles. The summed E-state index contributed by atoms with van der Waals surface area (Å²) in [6.07, 6.45) is 0.487. The van der Waals surface area contributed by atoms with E-state index in [1.54, 1.807) is 54.6 Å². The first-order valence-electron chi connectivity index (χ1n) is 13.2. The highest BCUT2D eigenvalue weighted by molar-refractivity contribution is 6.37. The van der Waals surface area contributed by atoms with Crippen LogP contribution in [0.4, 0.5) is 0 Å². The first-order valence-corrected chi connectivity index (χ1v) is 13.2. The van der Waals surface area contributed by atoms with Gasteiger partial charge in [0.2, 0.25) is 17.6 Å². The highest BCUT2D eigenvalue weighted by atomic mass is 16.4. The van der Waals surface area contributed by atoms with Crippen LogP contribution in [0.25, 0.3) is 0 Å². The molecule has 3 atom stereocenters. The number of carboxylic acids is 1. The number of Topliss-reactive ketones (excluding diaryl/α,β-unsaturated/α-hetero) is 1. The van der Waals surface area contributed by atoms with E-state index in [1.165, 1.54) is 0 Å². The molecule has 2 rings (SSSR count). The predicted molar refractivity (Wildman–Crippen MR) is 148 cm³/mol. The molecule has 39 heavy (non-hydrogen) atoms. The van der Waals surface area contributed by atoms with Crippen LogP contribution in [0.15, 0.2) is 60.7 Å². The summed E-state index contributed by atoms with van der Waals surface area (Å²) in [5.41, 5.74) is 1.43. The monoisotopic (exact) mass is 537 g/mol. The molecule has 0 saturated heterocycles. The first-order chi connectivity index (χ1) is 18.5. The molecule has 0 aliphatic rings. The Morgan fingerprint density at radius 2 is 1.08 bits per heavy atom. The SMILES string of the molecule is CC(C)C[C@H](NC(=O)[C@@H](CC(C)C)NC(=O)C(=O)Cc1ccccc1)C(=O)N[C@H](Cc1ccccc1)C(=O)O. The minimum Gasteiger partial charge on any atom is -0.480 e. The number of rotatable bonds is 15. The largest absolute Gasteiger partial charge is 0.480 e. The average molecular weight is 538 g/mol. The number of carbonyl (C=O) groups excluding carboxylic acids is 4. The molecule has 0 saturated carbocycles. The molecular formula is C30H39N3O6. The van der Waals surface area contributed by atoms with Gasteiger partial charge in [-0.3, -0.25) is 19.2 Å². The number of nitrogens with one attached hydrogen (secondary N) is 3. The van der Waals surface area contributed by atoms with Gasteiger partial charge in [0.25, 0.3) is 5.91 Å². The predicted octanol–water partition coefficient (Wildman–Crippen LogP) is 2.67. The van der Waals surface area contributed by atoms with Crippen molar-refractivity contribution < 1.29 is 29.1 Å². The molecular weight excluding hydrogens is 498 g/mol. The minimum atomic E-state index is -1.19. The Morgan fingerprint density at radius 1 is 0.641 bits per heavy atom. The van der Waals surface area contributed by atoms with Crippen molar-refractivity contribution in [3.05, 3.63) is 71.8 Å². The summed E-state index contributed by atoms with van der Waals surface area (Å²) >= 11 is 0. The highest BCUT2D eigenvalue weighted by Gasteiger charge is 2.31. The third-order valence-corrected chi connectivity index (χ3v) is 6.03.